The number of carbonyl (C=O) groups is 1. The highest BCUT2D eigenvalue weighted by Gasteiger charge is 2.08. The molecule has 4 N–H and O–H groups in total. The fourth-order valence-corrected chi connectivity index (χ4v) is 3.05. The highest BCUT2D eigenvalue weighted by atomic mass is 32.2. The molecule has 1 amide bonds. The SMILES string of the molecule is NC(=O)c1ccc(CSc2cnc(N)s2)c(F)c1. The van der Waals surface area contributed by atoms with Crippen molar-refractivity contribution < 1.29 is 9.18 Å². The van der Waals surface area contributed by atoms with Gasteiger partial charge >= 0.3 is 0 Å². The van der Waals surface area contributed by atoms with E-state index < -0.39 is 11.7 Å². The van der Waals surface area contributed by atoms with Crippen LogP contribution in [0.3, 0.4) is 0 Å². The molecule has 7 heteroatoms. The van der Waals surface area contributed by atoms with Gasteiger partial charge in [-0.1, -0.05) is 17.4 Å². The highest BCUT2D eigenvalue weighted by Crippen LogP contribution is 2.29. The van der Waals surface area contributed by atoms with Gasteiger partial charge in [0.25, 0.3) is 0 Å². The van der Waals surface area contributed by atoms with Crippen LogP contribution in [-0.2, 0) is 5.75 Å². The molecule has 0 aliphatic carbocycles. The molecule has 4 nitrogen and oxygen atoms in total. The Kier molecular flexibility index (Phi) is 3.83. The number of nitrogens with two attached hydrogens (primary N) is 2. The molecule has 0 saturated heterocycles. The van der Waals surface area contributed by atoms with Crippen molar-refractivity contribution in [3.8, 4) is 0 Å². The van der Waals surface area contributed by atoms with Crippen LogP contribution in [0, 0.1) is 5.82 Å². The zero-order chi connectivity index (χ0) is 13.1. The van der Waals surface area contributed by atoms with E-state index in [0.29, 0.717) is 16.4 Å². The minimum Gasteiger partial charge on any atom is -0.375 e. The van der Waals surface area contributed by atoms with Gasteiger partial charge in [-0.15, -0.1) is 11.8 Å². The van der Waals surface area contributed by atoms with Crippen LogP contribution in [-0.4, -0.2) is 10.9 Å². The molecule has 0 saturated carbocycles. The predicted octanol–water partition coefficient (Wildman–Crippen LogP) is 2.26. The maximum Gasteiger partial charge on any atom is 0.248 e. The van der Waals surface area contributed by atoms with Gasteiger partial charge in [0.2, 0.25) is 5.91 Å². The Morgan fingerprint density at radius 2 is 2.28 bits per heavy atom. The number of carbonyl (C=O) groups excluding carboxylic acids is 1. The molecule has 18 heavy (non-hydrogen) atoms. The van der Waals surface area contributed by atoms with E-state index in [2.05, 4.69) is 4.98 Å². The number of halogens is 1. The number of thiazole rings is 1. The van der Waals surface area contributed by atoms with Gasteiger partial charge in [-0.25, -0.2) is 9.37 Å². The van der Waals surface area contributed by atoms with Crippen LogP contribution < -0.4 is 11.5 Å². The second-order valence-electron chi connectivity index (χ2n) is 3.48. The molecule has 2 aromatic rings. The molecule has 2 rings (SSSR count). The number of hydrogen-bond donors (Lipinski definition) is 2. The summed E-state index contributed by atoms with van der Waals surface area (Å²) in [5.41, 5.74) is 11.2. The van der Waals surface area contributed by atoms with Gasteiger partial charge in [-0.2, -0.15) is 0 Å². The summed E-state index contributed by atoms with van der Waals surface area (Å²) in [6.07, 6.45) is 1.65. The predicted molar refractivity (Wildman–Crippen MR) is 71.0 cm³/mol. The molecular weight excluding hydrogens is 273 g/mol. The van der Waals surface area contributed by atoms with Crippen molar-refractivity contribution in [1.29, 1.82) is 0 Å². The van der Waals surface area contributed by atoms with Gasteiger partial charge in [-0.3, -0.25) is 4.79 Å². The molecule has 0 aliphatic rings. The van der Waals surface area contributed by atoms with Crippen molar-refractivity contribution in [2.24, 2.45) is 5.73 Å². The fourth-order valence-electron chi connectivity index (χ4n) is 1.31. The summed E-state index contributed by atoms with van der Waals surface area (Å²) in [4.78, 5) is 14.8. The molecule has 1 heterocycles. The summed E-state index contributed by atoms with van der Waals surface area (Å²) in [7, 11) is 0. The molecule has 0 radical (unpaired) electrons. The zero-order valence-electron chi connectivity index (χ0n) is 9.22. The Bertz CT molecular complexity index is 585. The molecule has 94 valence electrons. The van der Waals surface area contributed by atoms with Crippen molar-refractivity contribution in [3.63, 3.8) is 0 Å². The number of nitrogens with zero attached hydrogens (tertiary/aromatic N) is 1. The van der Waals surface area contributed by atoms with E-state index in [-0.39, 0.29) is 5.56 Å². The van der Waals surface area contributed by atoms with Crippen molar-refractivity contribution in [3.05, 3.63) is 41.3 Å². The standard InChI is InChI=1S/C11H10FN3OS2/c12-8-3-6(10(13)16)1-2-7(8)5-17-9-4-15-11(14)18-9/h1-4H,5H2,(H2,13,16)(H2,14,15). The first-order valence-electron chi connectivity index (χ1n) is 4.98. The number of primary amides is 1. The summed E-state index contributed by atoms with van der Waals surface area (Å²) < 4.78 is 14.6. The normalized spacial score (nSPS) is 10.5. The quantitative estimate of drug-likeness (QED) is 0.843. The first-order chi connectivity index (χ1) is 8.56. The zero-order valence-corrected chi connectivity index (χ0v) is 10.9. The van der Waals surface area contributed by atoms with E-state index in [1.54, 1.807) is 12.3 Å². The summed E-state index contributed by atoms with van der Waals surface area (Å²) in [6.45, 7) is 0. The molecule has 1 aromatic carbocycles. The number of benzene rings is 1. The summed E-state index contributed by atoms with van der Waals surface area (Å²) >= 11 is 2.80. The van der Waals surface area contributed by atoms with E-state index in [1.807, 2.05) is 0 Å². The lowest BCUT2D eigenvalue weighted by Crippen LogP contribution is -2.11. The average Bonchev–Trinajstić information content (AvgIpc) is 2.73. The summed E-state index contributed by atoms with van der Waals surface area (Å²) in [5, 5.41) is 0.488. The van der Waals surface area contributed by atoms with E-state index in [9.17, 15) is 9.18 Å². The largest absolute Gasteiger partial charge is 0.375 e. The number of amides is 1. The fraction of sp³-hybridized carbons (Fsp3) is 0.0909. The van der Waals surface area contributed by atoms with Crippen molar-refractivity contribution in [1.82, 2.24) is 4.98 Å². The third-order valence-electron chi connectivity index (χ3n) is 2.21. The highest BCUT2D eigenvalue weighted by molar-refractivity contribution is 8.00. The van der Waals surface area contributed by atoms with Crippen LogP contribution in [0.1, 0.15) is 15.9 Å². The van der Waals surface area contributed by atoms with E-state index in [1.165, 1.54) is 29.2 Å². The average molecular weight is 283 g/mol. The maximum absolute atomic E-state index is 13.7. The third kappa shape index (κ3) is 2.99. The summed E-state index contributed by atoms with van der Waals surface area (Å²) in [5.74, 6) is -0.619. The molecular formula is C11H10FN3OS2. The third-order valence-corrected chi connectivity index (χ3v) is 4.28. The Morgan fingerprint density at radius 3 is 2.83 bits per heavy atom. The molecule has 0 bridgehead atoms. The Labute approximate surface area is 111 Å². The number of rotatable bonds is 4. The number of nitrogen functional groups attached to an aromatic ring is 1. The van der Waals surface area contributed by atoms with Gasteiger partial charge in [-0.05, 0) is 17.7 Å². The summed E-state index contributed by atoms with van der Waals surface area (Å²) in [6, 6.07) is 4.23. The first-order valence-corrected chi connectivity index (χ1v) is 6.79. The second kappa shape index (κ2) is 5.36. The van der Waals surface area contributed by atoms with Gasteiger partial charge in [0.1, 0.15) is 5.82 Å². The molecule has 0 aliphatic heterocycles. The Balaban J connectivity index is 2.08. The number of hydrogen-bond acceptors (Lipinski definition) is 5. The van der Waals surface area contributed by atoms with Crippen LogP contribution in [0.2, 0.25) is 0 Å². The van der Waals surface area contributed by atoms with Gasteiger partial charge < -0.3 is 11.5 Å². The van der Waals surface area contributed by atoms with Crippen molar-refractivity contribution >= 4 is 34.1 Å². The van der Waals surface area contributed by atoms with Crippen LogP contribution in [0.15, 0.2) is 28.6 Å². The minimum absolute atomic E-state index is 0.170. The van der Waals surface area contributed by atoms with E-state index >= 15 is 0 Å². The number of aromatic nitrogens is 1. The molecule has 0 unspecified atom stereocenters. The number of thioether (sulfide) groups is 1. The Hall–Kier alpha value is -1.60. The molecule has 1 aromatic heterocycles. The van der Waals surface area contributed by atoms with Crippen molar-refractivity contribution in [2.45, 2.75) is 9.96 Å². The first kappa shape index (κ1) is 12.8. The lowest BCUT2D eigenvalue weighted by atomic mass is 10.1. The topological polar surface area (TPSA) is 82.0 Å². The second-order valence-corrected chi connectivity index (χ2v) is 5.81. The van der Waals surface area contributed by atoms with Gasteiger partial charge in [0, 0.05) is 11.3 Å². The van der Waals surface area contributed by atoms with Crippen molar-refractivity contribution in [2.75, 3.05) is 5.73 Å². The van der Waals surface area contributed by atoms with Gasteiger partial charge in [0.05, 0.1) is 10.4 Å². The van der Waals surface area contributed by atoms with E-state index in [4.69, 9.17) is 11.5 Å². The van der Waals surface area contributed by atoms with E-state index in [0.717, 1.165) is 10.3 Å². The maximum atomic E-state index is 13.7. The molecule has 0 spiro atoms. The number of anilines is 1. The van der Waals surface area contributed by atoms with Crippen LogP contribution in [0.4, 0.5) is 9.52 Å². The lowest BCUT2D eigenvalue weighted by molar-refractivity contribution is 0.1000. The van der Waals surface area contributed by atoms with Crippen LogP contribution in [0.25, 0.3) is 0 Å². The lowest BCUT2D eigenvalue weighted by Gasteiger charge is -2.03. The van der Waals surface area contributed by atoms with Crippen LogP contribution >= 0.6 is 23.1 Å². The Morgan fingerprint density at radius 1 is 1.50 bits per heavy atom. The monoisotopic (exact) mass is 283 g/mol. The smallest absolute Gasteiger partial charge is 0.248 e. The van der Waals surface area contributed by atoms with Crippen LogP contribution in [0.5, 0.6) is 0 Å². The minimum atomic E-state index is -0.636. The van der Waals surface area contributed by atoms with Gasteiger partial charge in [0.15, 0.2) is 5.13 Å². The molecule has 0 fully saturated rings. The molecule has 0 atom stereocenters.